The standard InChI is InChI=1S/3C17H26O3.C3H8O3/c3*1-16(2,3)12-9-11(7-8-14(18)19)10-13(15(12)20)17(4,5)6;4-1-3(6)2-5/h3*9-10,20H,7-8H2,1-6H3,(H,18,19);3-6H,1-2H2. The maximum Gasteiger partial charge on any atom is 0.303 e. The molecule has 0 aliphatic heterocycles. The zero-order valence-electron chi connectivity index (χ0n) is 43.4. The van der Waals surface area contributed by atoms with Gasteiger partial charge in [-0.15, -0.1) is 0 Å². The van der Waals surface area contributed by atoms with Gasteiger partial charge in [-0.25, -0.2) is 0 Å². The number of hydrogen-bond acceptors (Lipinski definition) is 9. The van der Waals surface area contributed by atoms with Crippen LogP contribution in [0.15, 0.2) is 36.4 Å². The molecule has 3 rings (SSSR count). The van der Waals surface area contributed by atoms with Gasteiger partial charge in [-0.1, -0.05) is 161 Å². The molecule has 0 fully saturated rings. The van der Waals surface area contributed by atoms with Gasteiger partial charge in [-0.2, -0.15) is 0 Å². The molecule has 0 spiro atoms. The number of carboxylic acids is 3. The van der Waals surface area contributed by atoms with Crippen molar-refractivity contribution in [1.29, 1.82) is 0 Å². The Kier molecular flexibility index (Phi) is 22.7. The highest BCUT2D eigenvalue weighted by Crippen LogP contribution is 2.42. The summed E-state index contributed by atoms with van der Waals surface area (Å²) in [5.74, 6) is -1.38. The molecule has 0 amide bonds. The van der Waals surface area contributed by atoms with Crippen LogP contribution in [0.25, 0.3) is 0 Å². The Balaban J connectivity index is 0.000000902. The predicted octanol–water partition coefficient (Wildman–Crippen LogP) is 10.3. The minimum absolute atomic E-state index is 0.109. The van der Waals surface area contributed by atoms with Gasteiger partial charge in [0, 0.05) is 19.3 Å². The van der Waals surface area contributed by atoms with Gasteiger partial charge < -0.3 is 46.0 Å². The summed E-state index contributed by atoms with van der Waals surface area (Å²) in [5, 5.41) is 82.2. The highest BCUT2D eigenvalue weighted by molar-refractivity contribution is 5.68. The first-order valence-electron chi connectivity index (χ1n) is 22.7. The van der Waals surface area contributed by atoms with E-state index in [9.17, 15) is 29.7 Å². The van der Waals surface area contributed by atoms with Gasteiger partial charge in [0.25, 0.3) is 0 Å². The molecule has 3 aromatic carbocycles. The summed E-state index contributed by atoms with van der Waals surface area (Å²) >= 11 is 0. The number of aliphatic carboxylic acids is 3. The number of benzene rings is 3. The van der Waals surface area contributed by atoms with Gasteiger partial charge >= 0.3 is 17.9 Å². The van der Waals surface area contributed by atoms with Crippen LogP contribution in [0.4, 0.5) is 0 Å². The van der Waals surface area contributed by atoms with Crippen LogP contribution in [-0.4, -0.2) is 83.2 Å². The molecular formula is C54H86O12. The van der Waals surface area contributed by atoms with Gasteiger partial charge in [0.15, 0.2) is 0 Å². The summed E-state index contributed by atoms with van der Waals surface area (Å²) in [5.41, 5.74) is 7.13. The van der Waals surface area contributed by atoms with Crippen molar-refractivity contribution in [1.82, 2.24) is 0 Å². The molecule has 12 heteroatoms. The fourth-order valence-electron chi connectivity index (χ4n) is 6.76. The van der Waals surface area contributed by atoms with Gasteiger partial charge in [0.2, 0.25) is 0 Å². The number of aromatic hydroxyl groups is 3. The van der Waals surface area contributed by atoms with Gasteiger partial charge in [0.05, 0.1) is 13.2 Å². The second kappa shape index (κ2) is 24.4. The lowest BCUT2D eigenvalue weighted by Crippen LogP contribution is -2.18. The van der Waals surface area contributed by atoms with Crippen molar-refractivity contribution in [2.75, 3.05) is 13.2 Å². The molecule has 0 aromatic heterocycles. The lowest BCUT2D eigenvalue weighted by Gasteiger charge is -2.28. The van der Waals surface area contributed by atoms with E-state index in [1.54, 1.807) is 0 Å². The Morgan fingerprint density at radius 3 is 0.621 bits per heavy atom. The number of aryl methyl sites for hydroxylation is 3. The lowest BCUT2D eigenvalue weighted by atomic mass is 9.78. The minimum Gasteiger partial charge on any atom is -0.507 e. The van der Waals surface area contributed by atoms with E-state index in [1.165, 1.54) is 0 Å². The van der Waals surface area contributed by atoms with Crippen LogP contribution >= 0.6 is 0 Å². The highest BCUT2D eigenvalue weighted by Gasteiger charge is 2.29. The summed E-state index contributed by atoms with van der Waals surface area (Å²) in [6.45, 7) is 36.2. The highest BCUT2D eigenvalue weighted by atomic mass is 16.4. The van der Waals surface area contributed by atoms with Gasteiger partial charge in [0.1, 0.15) is 23.4 Å². The van der Waals surface area contributed by atoms with E-state index in [-0.39, 0.29) is 65.0 Å². The van der Waals surface area contributed by atoms with Gasteiger partial charge in [-0.3, -0.25) is 14.4 Å². The zero-order chi connectivity index (χ0) is 52.1. The molecule has 0 unspecified atom stereocenters. The Labute approximate surface area is 395 Å². The smallest absolute Gasteiger partial charge is 0.303 e. The van der Waals surface area contributed by atoms with Crippen LogP contribution in [0.3, 0.4) is 0 Å². The third kappa shape index (κ3) is 20.9. The Bertz CT molecular complexity index is 1720. The number of carboxylic acid groups (broad SMARTS) is 3. The average Bonchev–Trinajstić information content (AvgIpc) is 3.14. The van der Waals surface area contributed by atoms with Crippen molar-refractivity contribution in [2.24, 2.45) is 0 Å². The van der Waals surface area contributed by atoms with E-state index >= 15 is 0 Å². The van der Waals surface area contributed by atoms with E-state index in [4.69, 9.17) is 30.6 Å². The van der Waals surface area contributed by atoms with Crippen LogP contribution in [0.2, 0.25) is 0 Å². The predicted molar refractivity (Wildman–Crippen MR) is 265 cm³/mol. The minimum atomic E-state index is -0.954. The third-order valence-corrected chi connectivity index (χ3v) is 10.7. The summed E-state index contributed by atoms with van der Waals surface area (Å²) < 4.78 is 0. The summed E-state index contributed by atoms with van der Waals surface area (Å²) in [6, 6.07) is 11.6. The lowest BCUT2D eigenvalue weighted by molar-refractivity contribution is -0.138. The summed E-state index contributed by atoms with van der Waals surface area (Å²) in [4.78, 5) is 32.3. The number of aliphatic hydroxyl groups is 3. The molecule has 0 bridgehead atoms. The van der Waals surface area contributed by atoms with Crippen LogP contribution in [0, 0.1) is 0 Å². The number of rotatable bonds is 11. The van der Waals surface area contributed by atoms with E-state index in [1.807, 2.05) is 36.4 Å². The largest absolute Gasteiger partial charge is 0.507 e. The molecule has 0 heterocycles. The van der Waals surface area contributed by atoms with Crippen LogP contribution in [0.1, 0.15) is 194 Å². The molecule has 0 saturated carbocycles. The van der Waals surface area contributed by atoms with Crippen molar-refractivity contribution in [3.8, 4) is 17.2 Å². The molecule has 0 saturated heterocycles. The van der Waals surface area contributed by atoms with Crippen molar-refractivity contribution >= 4 is 17.9 Å². The first-order chi connectivity index (χ1) is 29.6. The first-order valence-corrected chi connectivity index (χ1v) is 22.7. The van der Waals surface area contributed by atoms with E-state index in [0.717, 1.165) is 50.1 Å². The molecule has 0 atom stereocenters. The zero-order valence-corrected chi connectivity index (χ0v) is 43.4. The fraction of sp³-hybridized carbons (Fsp3) is 0.611. The van der Waals surface area contributed by atoms with Crippen molar-refractivity contribution < 1.29 is 60.3 Å². The Morgan fingerprint density at radius 2 is 0.530 bits per heavy atom. The maximum absolute atomic E-state index is 10.8. The van der Waals surface area contributed by atoms with E-state index in [2.05, 4.69) is 125 Å². The van der Waals surface area contributed by atoms with Crippen LogP contribution in [0.5, 0.6) is 17.2 Å². The second-order valence-electron chi connectivity index (χ2n) is 23.3. The number of phenols is 3. The normalized spacial score (nSPS) is 12.3. The SMILES string of the molecule is CC(C)(C)c1cc(CCC(=O)O)cc(C(C)(C)C)c1O.CC(C)(C)c1cc(CCC(=O)O)cc(C(C)(C)C)c1O.CC(C)(C)c1cc(CCC(=O)O)cc(C(C)(C)C)c1O.OCC(O)CO. The summed E-state index contributed by atoms with van der Waals surface area (Å²) in [6.07, 6.45) is 0.837. The molecular weight excluding hydrogens is 841 g/mol. The maximum atomic E-state index is 10.8. The average molecular weight is 927 g/mol. The fourth-order valence-corrected chi connectivity index (χ4v) is 6.76. The van der Waals surface area contributed by atoms with E-state index < -0.39 is 24.0 Å². The monoisotopic (exact) mass is 927 g/mol. The molecule has 3 aromatic rings. The van der Waals surface area contributed by atoms with Crippen molar-refractivity contribution in [3.63, 3.8) is 0 Å². The molecule has 0 aliphatic carbocycles. The Hall–Kier alpha value is -4.65. The van der Waals surface area contributed by atoms with Gasteiger partial charge in [-0.05, 0) is 102 Å². The topological polar surface area (TPSA) is 233 Å². The second-order valence-corrected chi connectivity index (χ2v) is 23.3. The first kappa shape index (κ1) is 61.4. The van der Waals surface area contributed by atoms with Crippen molar-refractivity contribution in [3.05, 3.63) is 86.5 Å². The molecule has 9 N–H and O–H groups in total. The third-order valence-electron chi connectivity index (χ3n) is 10.7. The molecule has 0 radical (unpaired) electrons. The quantitative estimate of drug-likeness (QED) is 0.0874. The number of carbonyl (C=O) groups is 3. The van der Waals surface area contributed by atoms with Crippen LogP contribution < -0.4 is 0 Å². The van der Waals surface area contributed by atoms with Crippen LogP contribution in [-0.2, 0) is 66.1 Å². The molecule has 374 valence electrons. The number of aliphatic hydroxyl groups excluding tert-OH is 3. The Morgan fingerprint density at radius 1 is 0.379 bits per heavy atom. The number of hydrogen-bond donors (Lipinski definition) is 9. The molecule has 66 heavy (non-hydrogen) atoms. The van der Waals surface area contributed by atoms with E-state index in [0.29, 0.717) is 36.5 Å². The molecule has 12 nitrogen and oxygen atoms in total. The summed E-state index contributed by atoms with van der Waals surface area (Å²) in [7, 11) is 0. The molecule has 0 aliphatic rings. The van der Waals surface area contributed by atoms with Crippen molar-refractivity contribution in [2.45, 2.75) is 202 Å². The number of phenolic OH excluding ortho intramolecular Hbond substituents is 3.